The van der Waals surface area contributed by atoms with Gasteiger partial charge in [-0.2, -0.15) is 0 Å². The predicted octanol–water partition coefficient (Wildman–Crippen LogP) is 5.30. The van der Waals surface area contributed by atoms with Crippen LogP contribution in [0, 0.1) is 0 Å². The van der Waals surface area contributed by atoms with Gasteiger partial charge in [0.1, 0.15) is 0 Å². The number of nitrogens with zero attached hydrogens (tertiary/aromatic N) is 1. The van der Waals surface area contributed by atoms with Crippen LogP contribution in [0.2, 0.25) is 0 Å². The summed E-state index contributed by atoms with van der Waals surface area (Å²) in [7, 11) is -3.30. The highest BCUT2D eigenvalue weighted by molar-refractivity contribution is 7.71. The second-order valence-corrected chi connectivity index (χ2v) is 11.4. The van der Waals surface area contributed by atoms with E-state index in [1.165, 1.54) is 6.92 Å². The Balaban J connectivity index is 5.60. The van der Waals surface area contributed by atoms with Crippen LogP contribution in [0.25, 0.3) is 0 Å². The van der Waals surface area contributed by atoms with Gasteiger partial charge >= 0.3 is 0 Å². The molecule has 0 radical (unpaired) electrons. The normalized spacial score (nSPS) is 17.6. The summed E-state index contributed by atoms with van der Waals surface area (Å²) in [5.41, 5.74) is 0. The molecular formula is C9H18Cl4NOP. The lowest BCUT2D eigenvalue weighted by Gasteiger charge is -2.42. The lowest BCUT2D eigenvalue weighted by Crippen LogP contribution is -2.40. The molecule has 16 heavy (non-hydrogen) atoms. The number of hydrogen-bond donors (Lipinski definition) is 0. The second-order valence-electron chi connectivity index (χ2n) is 4.31. The van der Waals surface area contributed by atoms with Crippen LogP contribution in [0.3, 0.4) is 0 Å². The van der Waals surface area contributed by atoms with Gasteiger partial charge < -0.3 is 4.57 Å². The summed E-state index contributed by atoms with van der Waals surface area (Å²) in [4.78, 5) is 0. The number of rotatable bonds is 5. The summed E-state index contributed by atoms with van der Waals surface area (Å²) in [6.45, 7) is 9.09. The molecule has 0 aromatic carbocycles. The van der Waals surface area contributed by atoms with Crippen molar-refractivity contribution in [1.29, 1.82) is 0 Å². The number of alkyl halides is 4. The fourth-order valence-corrected chi connectivity index (χ4v) is 7.56. The van der Waals surface area contributed by atoms with E-state index in [1.807, 2.05) is 27.7 Å². The quantitative estimate of drug-likeness (QED) is 0.504. The molecule has 7 heteroatoms. The molecule has 0 aliphatic rings. The van der Waals surface area contributed by atoms with Crippen LogP contribution in [0.4, 0.5) is 0 Å². The molecule has 0 heterocycles. The van der Waals surface area contributed by atoms with Gasteiger partial charge in [0.05, 0.1) is 0 Å². The summed E-state index contributed by atoms with van der Waals surface area (Å²) in [5.74, 6) is 0. The van der Waals surface area contributed by atoms with Crippen molar-refractivity contribution < 1.29 is 4.57 Å². The highest BCUT2D eigenvalue weighted by Gasteiger charge is 2.52. The highest BCUT2D eigenvalue weighted by atomic mass is 35.5. The molecule has 0 amide bonds. The molecule has 0 rings (SSSR count). The van der Waals surface area contributed by atoms with Crippen molar-refractivity contribution in [1.82, 2.24) is 4.67 Å². The molecule has 0 saturated heterocycles. The maximum atomic E-state index is 12.9. The molecule has 0 fully saturated rings. The Bertz CT molecular complexity index is 267. The van der Waals surface area contributed by atoms with Crippen LogP contribution in [-0.4, -0.2) is 25.4 Å². The lowest BCUT2D eigenvalue weighted by atomic mass is 10.3. The Hall–Kier alpha value is 1.35. The van der Waals surface area contributed by atoms with E-state index in [1.54, 1.807) is 4.67 Å². The van der Waals surface area contributed by atoms with Gasteiger partial charge in [-0.15, -0.1) is 0 Å². The van der Waals surface area contributed by atoms with Crippen LogP contribution in [0.15, 0.2) is 0 Å². The molecule has 0 bridgehead atoms. The van der Waals surface area contributed by atoms with E-state index in [9.17, 15) is 4.57 Å². The van der Waals surface area contributed by atoms with Crippen LogP contribution < -0.4 is 0 Å². The number of hydrogen-bond acceptors (Lipinski definition) is 1. The minimum absolute atomic E-state index is 0.0114. The molecule has 0 aromatic heterocycles. The zero-order valence-corrected chi connectivity index (χ0v) is 14.0. The first-order valence-corrected chi connectivity index (χ1v) is 8.36. The molecule has 98 valence electrons. The largest absolute Gasteiger partial charge is 0.300 e. The second kappa shape index (κ2) is 5.99. The number of halogens is 4. The van der Waals surface area contributed by atoms with Crippen molar-refractivity contribution >= 4 is 53.7 Å². The third-order valence-electron chi connectivity index (χ3n) is 2.23. The van der Waals surface area contributed by atoms with E-state index in [0.717, 1.165) is 0 Å². The van der Waals surface area contributed by atoms with E-state index >= 15 is 0 Å². The Labute approximate surface area is 118 Å². The molecule has 0 aliphatic carbocycles. The fraction of sp³-hybridized carbons (Fsp3) is 1.00. The van der Waals surface area contributed by atoms with Crippen LogP contribution in [0.1, 0.15) is 34.6 Å². The summed E-state index contributed by atoms with van der Waals surface area (Å²) in [6, 6.07) is -0.0229. The van der Waals surface area contributed by atoms with Gasteiger partial charge in [-0.1, -0.05) is 46.4 Å². The molecular weight excluding hydrogens is 311 g/mol. The first kappa shape index (κ1) is 17.4. The van der Waals surface area contributed by atoms with E-state index in [4.69, 9.17) is 46.4 Å². The zero-order chi connectivity index (χ0) is 13.3. The van der Waals surface area contributed by atoms with Crippen molar-refractivity contribution in [3.05, 3.63) is 0 Å². The fourth-order valence-electron chi connectivity index (χ4n) is 1.76. The Kier molecular flexibility index (Phi) is 6.50. The SMILES string of the molecule is CC(C)N(C(C)C)[P@@](=O)(C(Cl)Cl)C(C)(Cl)Cl. The van der Waals surface area contributed by atoms with Gasteiger partial charge in [-0.05, 0) is 34.6 Å². The van der Waals surface area contributed by atoms with Gasteiger partial charge in [0.15, 0.2) is 8.65 Å². The molecule has 0 unspecified atom stereocenters. The average Bonchev–Trinajstić information content (AvgIpc) is 1.99. The Morgan fingerprint density at radius 1 is 1.06 bits per heavy atom. The minimum atomic E-state index is -3.30. The molecule has 0 saturated carbocycles. The van der Waals surface area contributed by atoms with Crippen LogP contribution in [-0.2, 0) is 4.57 Å². The van der Waals surface area contributed by atoms with E-state index in [-0.39, 0.29) is 12.1 Å². The van der Waals surface area contributed by atoms with Crippen molar-refractivity contribution in [2.75, 3.05) is 0 Å². The third kappa shape index (κ3) is 3.43. The summed E-state index contributed by atoms with van der Waals surface area (Å²) < 4.78 is 12.0. The average molecular weight is 329 g/mol. The van der Waals surface area contributed by atoms with E-state index < -0.39 is 15.9 Å². The minimum Gasteiger partial charge on any atom is -0.300 e. The van der Waals surface area contributed by atoms with E-state index in [0.29, 0.717) is 0 Å². The molecule has 0 aromatic rings. The van der Waals surface area contributed by atoms with Gasteiger partial charge in [0.25, 0.3) is 0 Å². The Morgan fingerprint density at radius 2 is 1.38 bits per heavy atom. The van der Waals surface area contributed by atoms with Crippen LogP contribution in [0.5, 0.6) is 0 Å². The van der Waals surface area contributed by atoms with Gasteiger partial charge in [0.2, 0.25) is 7.29 Å². The Morgan fingerprint density at radius 3 is 1.44 bits per heavy atom. The van der Waals surface area contributed by atoms with Crippen molar-refractivity contribution in [2.45, 2.75) is 55.4 Å². The summed E-state index contributed by atoms with van der Waals surface area (Å²) in [5, 5.41) is 0. The molecule has 0 spiro atoms. The van der Waals surface area contributed by atoms with Gasteiger partial charge in [-0.25, -0.2) is 4.67 Å². The zero-order valence-electron chi connectivity index (χ0n) is 10.0. The van der Waals surface area contributed by atoms with Crippen molar-refractivity contribution in [3.63, 3.8) is 0 Å². The van der Waals surface area contributed by atoms with Crippen LogP contribution >= 0.6 is 53.7 Å². The van der Waals surface area contributed by atoms with E-state index in [2.05, 4.69) is 0 Å². The van der Waals surface area contributed by atoms with Gasteiger partial charge in [-0.3, -0.25) is 0 Å². The maximum absolute atomic E-state index is 12.9. The molecule has 1 atom stereocenters. The standard InChI is InChI=1S/C9H18Cl4NOP/c1-6(2)14(7(3)4)16(15,8(10)11)9(5,12)13/h6-8H,1-5H3/t16-/m1/s1. The highest BCUT2D eigenvalue weighted by Crippen LogP contribution is 2.71. The lowest BCUT2D eigenvalue weighted by molar-refractivity contribution is 0.297. The topological polar surface area (TPSA) is 20.3 Å². The predicted molar refractivity (Wildman–Crippen MR) is 75.3 cm³/mol. The first-order valence-electron chi connectivity index (χ1n) is 5.00. The monoisotopic (exact) mass is 327 g/mol. The smallest absolute Gasteiger partial charge is 0.216 e. The molecule has 0 N–H and O–H groups in total. The van der Waals surface area contributed by atoms with Gasteiger partial charge in [0, 0.05) is 12.1 Å². The maximum Gasteiger partial charge on any atom is 0.216 e. The van der Waals surface area contributed by atoms with Crippen molar-refractivity contribution in [2.24, 2.45) is 0 Å². The summed E-state index contributed by atoms with van der Waals surface area (Å²) in [6.07, 6.45) is 0. The molecule has 0 aliphatic heterocycles. The van der Waals surface area contributed by atoms with Crippen molar-refractivity contribution in [3.8, 4) is 0 Å². The molecule has 2 nitrogen and oxygen atoms in total. The summed E-state index contributed by atoms with van der Waals surface area (Å²) >= 11 is 23.7. The first-order chi connectivity index (χ1) is 6.96. The third-order valence-corrected chi connectivity index (χ3v) is 8.53.